The van der Waals surface area contributed by atoms with Gasteiger partial charge >= 0.3 is 6.18 Å². The number of hydrogen-bond acceptors (Lipinski definition) is 7. The van der Waals surface area contributed by atoms with Gasteiger partial charge in [-0.3, -0.25) is 9.97 Å². The van der Waals surface area contributed by atoms with E-state index >= 15 is 0 Å². The standard InChI is InChI=1S/C18H10Br2ClF3N6S/c1-7(12-14(26-3-2-25-12)16-27-6-11(20)31-16)28-15-9-4-8(18(22,23)24)5-10(19)13(9)29-17(21)30-15/h2-7H,1H3,(H,28,29,30). The molecule has 160 valence electrons. The van der Waals surface area contributed by atoms with E-state index in [4.69, 9.17) is 11.6 Å². The van der Waals surface area contributed by atoms with Crippen LogP contribution in [0.5, 0.6) is 0 Å². The van der Waals surface area contributed by atoms with Crippen LogP contribution in [0.2, 0.25) is 5.28 Å². The Hall–Kier alpha value is -1.89. The highest BCUT2D eigenvalue weighted by atomic mass is 79.9. The van der Waals surface area contributed by atoms with Crippen LogP contribution in [0.15, 0.2) is 39.0 Å². The summed E-state index contributed by atoms with van der Waals surface area (Å²) in [6.07, 6.45) is 0.202. The van der Waals surface area contributed by atoms with Crippen molar-refractivity contribution in [2.24, 2.45) is 0 Å². The number of alkyl halides is 3. The number of nitrogens with zero attached hydrogens (tertiary/aromatic N) is 5. The average Bonchev–Trinajstić information content (AvgIpc) is 3.14. The number of halogens is 6. The zero-order valence-electron chi connectivity index (χ0n) is 15.4. The third-order valence-electron chi connectivity index (χ3n) is 4.22. The van der Waals surface area contributed by atoms with Crippen LogP contribution >= 0.6 is 54.8 Å². The molecule has 13 heteroatoms. The second kappa shape index (κ2) is 8.57. The molecule has 0 saturated heterocycles. The Morgan fingerprint density at radius 1 is 1.10 bits per heavy atom. The molecule has 0 aliphatic rings. The van der Waals surface area contributed by atoms with Crippen molar-refractivity contribution in [1.29, 1.82) is 0 Å². The molecule has 6 nitrogen and oxygen atoms in total. The summed E-state index contributed by atoms with van der Waals surface area (Å²) in [7, 11) is 0. The topological polar surface area (TPSA) is 76.5 Å². The first kappa shape index (κ1) is 22.3. The lowest BCUT2D eigenvalue weighted by Gasteiger charge is -2.18. The lowest BCUT2D eigenvalue weighted by atomic mass is 10.1. The van der Waals surface area contributed by atoms with Gasteiger partial charge in [-0.05, 0) is 62.5 Å². The van der Waals surface area contributed by atoms with Crippen molar-refractivity contribution in [3.8, 4) is 10.7 Å². The molecule has 1 aromatic carbocycles. The minimum absolute atomic E-state index is 0.106. The summed E-state index contributed by atoms with van der Waals surface area (Å²) in [5, 5.41) is 3.81. The molecule has 4 rings (SSSR count). The van der Waals surface area contributed by atoms with Crippen molar-refractivity contribution in [1.82, 2.24) is 24.9 Å². The number of hydrogen-bond donors (Lipinski definition) is 1. The number of benzene rings is 1. The number of fused-ring (bicyclic) bond motifs is 1. The predicted octanol–water partition coefficient (Wildman–Crippen LogP) is 6.91. The third-order valence-corrected chi connectivity index (χ3v) is 6.48. The van der Waals surface area contributed by atoms with E-state index in [1.54, 1.807) is 19.3 Å². The Balaban J connectivity index is 1.80. The summed E-state index contributed by atoms with van der Waals surface area (Å²) >= 11 is 14.0. The SMILES string of the molecule is CC(Nc1nc(Cl)nc2c(Br)cc(C(F)(F)F)cc12)c1nccnc1-c1ncc(Br)s1. The molecule has 0 bridgehead atoms. The van der Waals surface area contributed by atoms with E-state index in [1.807, 2.05) is 0 Å². The minimum Gasteiger partial charge on any atom is -0.361 e. The van der Waals surface area contributed by atoms with Crippen molar-refractivity contribution in [2.75, 3.05) is 5.32 Å². The van der Waals surface area contributed by atoms with Gasteiger partial charge in [0.2, 0.25) is 5.28 Å². The smallest absolute Gasteiger partial charge is 0.361 e. The lowest BCUT2D eigenvalue weighted by molar-refractivity contribution is -0.137. The van der Waals surface area contributed by atoms with Crippen LogP contribution in [0.25, 0.3) is 21.6 Å². The number of rotatable bonds is 4. The number of anilines is 1. The number of nitrogens with one attached hydrogen (secondary N) is 1. The molecule has 4 aromatic rings. The quantitative estimate of drug-likeness (QED) is 0.259. The Morgan fingerprint density at radius 3 is 2.52 bits per heavy atom. The fraction of sp³-hybridized carbons (Fsp3) is 0.167. The van der Waals surface area contributed by atoms with Gasteiger partial charge in [-0.25, -0.2) is 15.0 Å². The Kier molecular flexibility index (Phi) is 6.16. The normalized spacial score (nSPS) is 12.9. The van der Waals surface area contributed by atoms with Crippen LogP contribution in [-0.4, -0.2) is 24.9 Å². The van der Waals surface area contributed by atoms with Gasteiger partial charge < -0.3 is 5.32 Å². The van der Waals surface area contributed by atoms with E-state index in [0.29, 0.717) is 16.4 Å². The van der Waals surface area contributed by atoms with Crippen molar-refractivity contribution >= 4 is 71.5 Å². The summed E-state index contributed by atoms with van der Waals surface area (Å²) in [6, 6.07) is 1.47. The highest BCUT2D eigenvalue weighted by molar-refractivity contribution is 9.11. The molecule has 0 spiro atoms. The largest absolute Gasteiger partial charge is 0.416 e. The second-order valence-electron chi connectivity index (χ2n) is 6.32. The first-order valence-electron chi connectivity index (χ1n) is 8.56. The van der Waals surface area contributed by atoms with E-state index in [2.05, 4.69) is 62.1 Å². The summed E-state index contributed by atoms with van der Waals surface area (Å²) in [4.78, 5) is 21.3. The molecule has 0 radical (unpaired) electrons. The van der Waals surface area contributed by atoms with Crippen molar-refractivity contribution in [3.63, 3.8) is 0 Å². The molecular formula is C18H10Br2ClF3N6S. The van der Waals surface area contributed by atoms with Crippen LogP contribution in [-0.2, 0) is 6.18 Å². The maximum absolute atomic E-state index is 13.3. The molecule has 1 atom stereocenters. The van der Waals surface area contributed by atoms with E-state index in [1.165, 1.54) is 17.5 Å². The zero-order chi connectivity index (χ0) is 22.3. The first-order valence-corrected chi connectivity index (χ1v) is 11.3. The monoisotopic (exact) mass is 592 g/mol. The molecule has 0 saturated carbocycles. The summed E-state index contributed by atoms with van der Waals surface area (Å²) in [5.41, 5.74) is 0.533. The fourth-order valence-corrected chi connectivity index (χ4v) is 4.83. The highest BCUT2D eigenvalue weighted by Crippen LogP contribution is 2.38. The number of thiazole rings is 1. The number of aromatic nitrogens is 5. The van der Waals surface area contributed by atoms with Crippen LogP contribution in [0.3, 0.4) is 0 Å². The second-order valence-corrected chi connectivity index (χ2v) is 9.92. The Morgan fingerprint density at radius 2 is 1.84 bits per heavy atom. The molecule has 3 aromatic heterocycles. The Labute approximate surface area is 199 Å². The van der Waals surface area contributed by atoms with Gasteiger partial charge in [0.05, 0.1) is 32.8 Å². The van der Waals surface area contributed by atoms with Gasteiger partial charge in [-0.2, -0.15) is 13.2 Å². The molecule has 0 amide bonds. The van der Waals surface area contributed by atoms with Gasteiger partial charge in [0.15, 0.2) is 0 Å². The molecule has 1 N–H and O–H groups in total. The fourth-order valence-electron chi connectivity index (χ4n) is 2.90. The van der Waals surface area contributed by atoms with Crippen LogP contribution in [0.1, 0.15) is 24.2 Å². The molecular weight excluding hydrogens is 585 g/mol. The summed E-state index contributed by atoms with van der Waals surface area (Å²) in [6.45, 7) is 1.79. The van der Waals surface area contributed by atoms with Crippen molar-refractivity contribution in [2.45, 2.75) is 19.1 Å². The molecule has 1 unspecified atom stereocenters. The van der Waals surface area contributed by atoms with Crippen molar-refractivity contribution < 1.29 is 13.2 Å². The van der Waals surface area contributed by atoms with E-state index < -0.39 is 17.8 Å². The minimum atomic E-state index is -4.53. The van der Waals surface area contributed by atoms with Gasteiger partial charge in [-0.15, -0.1) is 11.3 Å². The van der Waals surface area contributed by atoms with E-state index in [-0.39, 0.29) is 26.5 Å². The van der Waals surface area contributed by atoms with E-state index in [9.17, 15) is 13.2 Å². The first-order chi connectivity index (χ1) is 14.6. The van der Waals surface area contributed by atoms with Crippen LogP contribution < -0.4 is 5.32 Å². The lowest BCUT2D eigenvalue weighted by Crippen LogP contribution is -2.13. The van der Waals surface area contributed by atoms with Gasteiger partial charge in [-0.1, -0.05) is 0 Å². The molecule has 0 fully saturated rings. The predicted molar refractivity (Wildman–Crippen MR) is 120 cm³/mol. The van der Waals surface area contributed by atoms with Crippen molar-refractivity contribution in [3.05, 3.63) is 55.5 Å². The molecule has 31 heavy (non-hydrogen) atoms. The van der Waals surface area contributed by atoms with Gasteiger partial charge in [0, 0.05) is 22.3 Å². The average molecular weight is 595 g/mol. The highest BCUT2D eigenvalue weighted by Gasteiger charge is 2.32. The summed E-state index contributed by atoms with van der Waals surface area (Å²) in [5.74, 6) is 0.145. The Bertz CT molecular complexity index is 1280. The van der Waals surface area contributed by atoms with Gasteiger partial charge in [0.1, 0.15) is 16.5 Å². The third kappa shape index (κ3) is 4.66. The van der Waals surface area contributed by atoms with E-state index in [0.717, 1.165) is 15.9 Å². The molecule has 3 heterocycles. The molecule has 0 aliphatic heterocycles. The molecule has 0 aliphatic carbocycles. The van der Waals surface area contributed by atoms with Crippen LogP contribution in [0.4, 0.5) is 19.0 Å². The maximum Gasteiger partial charge on any atom is 0.416 e. The zero-order valence-corrected chi connectivity index (χ0v) is 20.1. The maximum atomic E-state index is 13.3. The van der Waals surface area contributed by atoms with Gasteiger partial charge in [0.25, 0.3) is 0 Å². The summed E-state index contributed by atoms with van der Waals surface area (Å²) < 4.78 is 41.0. The van der Waals surface area contributed by atoms with Crippen LogP contribution in [0, 0.1) is 0 Å².